The van der Waals surface area contributed by atoms with Gasteiger partial charge in [-0.05, 0) is 45.5 Å². The minimum atomic E-state index is -0.504. The quantitative estimate of drug-likeness (QED) is 0.208. The molecule has 4 heteroatoms. The maximum atomic E-state index is 6.82. The van der Waals surface area contributed by atoms with Gasteiger partial charge in [0.1, 0.15) is 23.5 Å². The van der Waals surface area contributed by atoms with Crippen molar-refractivity contribution in [1.29, 1.82) is 0 Å². The lowest BCUT2D eigenvalue weighted by molar-refractivity contribution is 0.434. The zero-order valence-electron chi connectivity index (χ0n) is 27.1. The van der Waals surface area contributed by atoms with Crippen molar-refractivity contribution >= 4 is 11.7 Å². The number of aliphatic imine (C=N–C) groups is 2. The molecule has 1 atom stereocenters. The molecule has 0 radical (unpaired) electrons. The van der Waals surface area contributed by atoms with Crippen molar-refractivity contribution in [2.45, 2.75) is 11.6 Å². The molecular weight excluding hydrogens is 611 g/mol. The van der Waals surface area contributed by atoms with Crippen LogP contribution in [0.2, 0.25) is 0 Å². The summed E-state index contributed by atoms with van der Waals surface area (Å²) in [5, 5.41) is 3.72. The molecule has 1 N–H and O–H groups in total. The molecule has 0 saturated carbocycles. The van der Waals surface area contributed by atoms with E-state index in [1.165, 1.54) is 22.3 Å². The third-order valence-corrected chi connectivity index (χ3v) is 10.2. The van der Waals surface area contributed by atoms with Crippen LogP contribution in [0.15, 0.2) is 186 Å². The highest BCUT2D eigenvalue weighted by molar-refractivity contribution is 6.15. The van der Waals surface area contributed by atoms with Crippen LogP contribution in [0.1, 0.15) is 45.1 Å². The number of nitrogens with one attached hydrogen (secondary N) is 1. The Morgan fingerprint density at radius 1 is 0.460 bits per heavy atom. The van der Waals surface area contributed by atoms with E-state index < -0.39 is 11.6 Å². The molecule has 236 valence electrons. The maximum Gasteiger partial charge on any atom is 0.159 e. The van der Waals surface area contributed by atoms with Gasteiger partial charge in [0.05, 0.1) is 5.41 Å². The predicted octanol–water partition coefficient (Wildman–Crippen LogP) is 10.3. The summed E-state index contributed by atoms with van der Waals surface area (Å²) in [4.78, 5) is 10.4. The predicted molar refractivity (Wildman–Crippen MR) is 201 cm³/mol. The summed E-state index contributed by atoms with van der Waals surface area (Å²) in [7, 11) is 0. The fourth-order valence-electron chi connectivity index (χ4n) is 8.08. The molecule has 0 amide bonds. The Labute approximate surface area is 291 Å². The Morgan fingerprint density at radius 3 is 1.70 bits per heavy atom. The molecule has 4 nitrogen and oxygen atoms in total. The van der Waals surface area contributed by atoms with Crippen molar-refractivity contribution in [2.24, 2.45) is 9.98 Å². The van der Waals surface area contributed by atoms with Gasteiger partial charge in [0.15, 0.2) is 5.84 Å². The Kier molecular flexibility index (Phi) is 6.43. The third-order valence-electron chi connectivity index (χ3n) is 10.2. The van der Waals surface area contributed by atoms with Crippen LogP contribution in [0.5, 0.6) is 11.5 Å². The molecule has 7 aromatic carbocycles. The molecular formula is C46H31N3O. The summed E-state index contributed by atoms with van der Waals surface area (Å²) < 4.78 is 6.82. The molecule has 3 aliphatic rings. The summed E-state index contributed by atoms with van der Waals surface area (Å²) in [6.45, 7) is 0. The molecule has 0 bridgehead atoms. The van der Waals surface area contributed by atoms with Crippen LogP contribution >= 0.6 is 0 Å². The molecule has 7 aromatic rings. The summed E-state index contributed by atoms with van der Waals surface area (Å²) >= 11 is 0. The van der Waals surface area contributed by atoms with Gasteiger partial charge in [0, 0.05) is 27.8 Å². The standard InChI is InChI=1S/C46H31N3O/c1-3-15-30(16-4-1)33-19-7-8-22-36(33)45-48-43(31-17-5-2-6-18-31)47-44(49-45)32-27-28-40-42(29-32)50-41-26-14-13-25-39(41)46(40)37-23-11-9-20-34(37)35-21-10-12-24-38(35)46/h1-29,44H,(H,47,48,49). The van der Waals surface area contributed by atoms with Gasteiger partial charge in [0.25, 0.3) is 0 Å². The highest BCUT2D eigenvalue weighted by atomic mass is 16.5. The SMILES string of the molecule is c1ccc(C2=NC(c3ccc4c(c3)Oc3ccccc3C43c4ccccc4-c4ccccc43)NC(c3ccccc3-c3ccccc3)=N2)cc1. The zero-order valence-corrected chi connectivity index (χ0v) is 27.1. The van der Waals surface area contributed by atoms with Gasteiger partial charge in [-0.3, -0.25) is 0 Å². The first-order valence-corrected chi connectivity index (χ1v) is 17.0. The monoisotopic (exact) mass is 641 g/mol. The average Bonchev–Trinajstić information content (AvgIpc) is 3.49. The molecule has 0 fully saturated rings. The Hall–Kier alpha value is -6.52. The summed E-state index contributed by atoms with van der Waals surface area (Å²) in [5.74, 6) is 3.17. The number of ether oxygens (including phenoxy) is 1. The van der Waals surface area contributed by atoms with E-state index in [1.807, 2.05) is 24.3 Å². The van der Waals surface area contributed by atoms with E-state index in [0.29, 0.717) is 5.84 Å². The highest BCUT2D eigenvalue weighted by Gasteiger charge is 2.51. The number of nitrogens with zero attached hydrogens (tertiary/aromatic N) is 2. The van der Waals surface area contributed by atoms with Crippen molar-refractivity contribution in [3.05, 3.63) is 215 Å². The van der Waals surface area contributed by atoms with Gasteiger partial charge in [-0.2, -0.15) is 0 Å². The largest absolute Gasteiger partial charge is 0.457 e. The van der Waals surface area contributed by atoms with Crippen LogP contribution in [0, 0.1) is 0 Å². The molecule has 0 aromatic heterocycles. The molecule has 2 aliphatic heterocycles. The van der Waals surface area contributed by atoms with E-state index >= 15 is 0 Å². The molecule has 1 unspecified atom stereocenters. The minimum Gasteiger partial charge on any atom is -0.457 e. The van der Waals surface area contributed by atoms with Gasteiger partial charge in [-0.25, -0.2) is 9.98 Å². The van der Waals surface area contributed by atoms with Crippen molar-refractivity contribution in [2.75, 3.05) is 0 Å². The first-order chi connectivity index (χ1) is 24.8. The smallest absolute Gasteiger partial charge is 0.159 e. The molecule has 1 aliphatic carbocycles. The van der Waals surface area contributed by atoms with Crippen LogP contribution < -0.4 is 10.1 Å². The normalized spacial score (nSPS) is 16.1. The number of amidine groups is 2. The van der Waals surface area contributed by atoms with E-state index in [2.05, 4.69) is 157 Å². The van der Waals surface area contributed by atoms with Gasteiger partial charge >= 0.3 is 0 Å². The highest BCUT2D eigenvalue weighted by Crippen LogP contribution is 2.62. The molecule has 10 rings (SSSR count). The maximum absolute atomic E-state index is 6.82. The molecule has 50 heavy (non-hydrogen) atoms. The summed E-state index contributed by atoms with van der Waals surface area (Å²) in [6, 6.07) is 61.8. The van der Waals surface area contributed by atoms with Crippen molar-refractivity contribution < 1.29 is 4.74 Å². The van der Waals surface area contributed by atoms with Gasteiger partial charge in [-0.15, -0.1) is 0 Å². The van der Waals surface area contributed by atoms with Crippen LogP contribution in [0.4, 0.5) is 0 Å². The minimum absolute atomic E-state index is 0.397. The van der Waals surface area contributed by atoms with Crippen LogP contribution in [0.25, 0.3) is 22.3 Å². The van der Waals surface area contributed by atoms with Crippen molar-refractivity contribution in [1.82, 2.24) is 5.32 Å². The lowest BCUT2D eigenvalue weighted by atomic mass is 9.66. The Morgan fingerprint density at radius 2 is 1.00 bits per heavy atom. The summed E-state index contributed by atoms with van der Waals surface area (Å²) in [6.07, 6.45) is -0.397. The Balaban J connectivity index is 1.14. The van der Waals surface area contributed by atoms with E-state index in [4.69, 9.17) is 14.7 Å². The number of hydrogen-bond donors (Lipinski definition) is 1. The number of rotatable bonds is 4. The second-order valence-electron chi connectivity index (χ2n) is 12.9. The second-order valence-corrected chi connectivity index (χ2v) is 12.9. The van der Waals surface area contributed by atoms with Crippen LogP contribution in [-0.2, 0) is 5.41 Å². The fraction of sp³-hybridized carbons (Fsp3) is 0.0435. The zero-order chi connectivity index (χ0) is 33.1. The van der Waals surface area contributed by atoms with E-state index in [1.54, 1.807) is 0 Å². The second kappa shape index (κ2) is 11.3. The van der Waals surface area contributed by atoms with E-state index in [0.717, 1.165) is 56.3 Å². The third kappa shape index (κ3) is 4.25. The van der Waals surface area contributed by atoms with E-state index in [9.17, 15) is 0 Å². The number of hydrogen-bond acceptors (Lipinski definition) is 4. The lowest BCUT2D eigenvalue weighted by Gasteiger charge is -2.39. The first-order valence-electron chi connectivity index (χ1n) is 17.0. The number of para-hydroxylation sites is 1. The molecule has 2 heterocycles. The molecule has 1 spiro atoms. The van der Waals surface area contributed by atoms with Gasteiger partial charge in [0.2, 0.25) is 0 Å². The van der Waals surface area contributed by atoms with Gasteiger partial charge < -0.3 is 10.1 Å². The first kappa shape index (κ1) is 28.5. The van der Waals surface area contributed by atoms with Crippen molar-refractivity contribution in [3.63, 3.8) is 0 Å². The summed E-state index contributed by atoms with van der Waals surface area (Å²) in [5.41, 5.74) is 12.1. The Bertz CT molecular complexity index is 2450. The average molecular weight is 642 g/mol. The van der Waals surface area contributed by atoms with Gasteiger partial charge in [-0.1, -0.05) is 164 Å². The number of benzene rings is 7. The lowest BCUT2D eigenvalue weighted by Crippen LogP contribution is -2.35. The van der Waals surface area contributed by atoms with Crippen molar-refractivity contribution in [3.8, 4) is 33.8 Å². The van der Waals surface area contributed by atoms with E-state index in [-0.39, 0.29) is 0 Å². The fourth-order valence-corrected chi connectivity index (χ4v) is 8.08. The molecule has 0 saturated heterocycles. The number of fused-ring (bicyclic) bond motifs is 9. The van der Waals surface area contributed by atoms with Crippen LogP contribution in [0.3, 0.4) is 0 Å². The topological polar surface area (TPSA) is 46.0 Å². The van der Waals surface area contributed by atoms with Crippen LogP contribution in [-0.4, -0.2) is 11.7 Å².